The molecule has 0 saturated carbocycles. The lowest BCUT2D eigenvalue weighted by molar-refractivity contribution is 0.0526. The predicted octanol–water partition coefficient (Wildman–Crippen LogP) is 3.01. The zero-order valence-corrected chi connectivity index (χ0v) is 11.1. The van der Waals surface area contributed by atoms with Crippen molar-refractivity contribution in [2.75, 3.05) is 11.9 Å². The zero-order chi connectivity index (χ0) is 14.4. The Balaban J connectivity index is 1.93. The van der Waals surface area contributed by atoms with Gasteiger partial charge in [-0.2, -0.15) is 0 Å². The molecule has 2 rings (SSSR count). The molecule has 0 aliphatic carbocycles. The summed E-state index contributed by atoms with van der Waals surface area (Å²) in [6.07, 6.45) is 1.46. The van der Waals surface area contributed by atoms with Gasteiger partial charge in [-0.05, 0) is 36.8 Å². The largest absolute Gasteiger partial charge is 0.462 e. The lowest BCUT2D eigenvalue weighted by Crippen LogP contribution is -2.06. The number of pyridine rings is 1. The van der Waals surface area contributed by atoms with Gasteiger partial charge in [0.25, 0.3) is 0 Å². The molecule has 0 saturated heterocycles. The zero-order valence-electron chi connectivity index (χ0n) is 11.1. The number of anilines is 1. The fourth-order valence-electron chi connectivity index (χ4n) is 1.63. The van der Waals surface area contributed by atoms with Gasteiger partial charge in [0.2, 0.25) is 0 Å². The highest BCUT2D eigenvalue weighted by Gasteiger charge is 2.06. The van der Waals surface area contributed by atoms with Gasteiger partial charge in [-0.15, -0.1) is 0 Å². The number of halogens is 1. The lowest BCUT2D eigenvalue weighted by Gasteiger charge is -2.06. The third-order valence-corrected chi connectivity index (χ3v) is 2.66. The highest BCUT2D eigenvalue weighted by atomic mass is 19.1. The fourth-order valence-corrected chi connectivity index (χ4v) is 1.63. The Morgan fingerprint density at radius 2 is 2.00 bits per heavy atom. The van der Waals surface area contributed by atoms with Crippen LogP contribution in [0.15, 0.2) is 42.6 Å². The number of carbonyl (C=O) groups excluding carboxylic acids is 1. The van der Waals surface area contributed by atoms with Crippen LogP contribution in [0.5, 0.6) is 0 Å². The third-order valence-electron chi connectivity index (χ3n) is 2.66. The fraction of sp³-hybridized carbons (Fsp3) is 0.200. The molecule has 0 bridgehead atoms. The van der Waals surface area contributed by atoms with Crippen LogP contribution in [0.3, 0.4) is 0 Å². The number of esters is 1. The van der Waals surface area contributed by atoms with E-state index in [1.165, 1.54) is 18.3 Å². The number of carbonyl (C=O) groups is 1. The summed E-state index contributed by atoms with van der Waals surface area (Å²) >= 11 is 0. The van der Waals surface area contributed by atoms with E-state index in [4.69, 9.17) is 4.74 Å². The molecule has 2 aromatic rings. The third kappa shape index (κ3) is 3.78. The van der Waals surface area contributed by atoms with Crippen LogP contribution in [0.2, 0.25) is 0 Å². The molecule has 0 fully saturated rings. The Morgan fingerprint density at radius 3 is 2.60 bits per heavy atom. The minimum atomic E-state index is -0.384. The second-order valence-electron chi connectivity index (χ2n) is 4.13. The molecule has 1 heterocycles. The van der Waals surface area contributed by atoms with E-state index in [1.54, 1.807) is 31.2 Å². The van der Waals surface area contributed by atoms with Crippen molar-refractivity contribution in [1.82, 2.24) is 4.98 Å². The van der Waals surface area contributed by atoms with E-state index in [-0.39, 0.29) is 11.8 Å². The van der Waals surface area contributed by atoms with E-state index in [2.05, 4.69) is 10.3 Å². The number of nitrogens with one attached hydrogen (secondary N) is 1. The van der Waals surface area contributed by atoms with Crippen molar-refractivity contribution in [1.29, 1.82) is 0 Å². The molecule has 104 valence electrons. The number of hydrogen-bond acceptors (Lipinski definition) is 4. The summed E-state index contributed by atoms with van der Waals surface area (Å²) in [6, 6.07) is 9.58. The standard InChI is InChI=1S/C15H15FN2O2/c1-2-20-15(19)12-5-8-14(18-10-12)17-9-11-3-6-13(16)7-4-11/h3-8,10H,2,9H2,1H3,(H,17,18). The Morgan fingerprint density at radius 1 is 1.25 bits per heavy atom. The van der Waals surface area contributed by atoms with Gasteiger partial charge < -0.3 is 10.1 Å². The maximum absolute atomic E-state index is 12.8. The molecule has 1 aromatic heterocycles. The molecule has 0 amide bonds. The quantitative estimate of drug-likeness (QED) is 0.851. The second-order valence-corrected chi connectivity index (χ2v) is 4.13. The molecule has 0 aliphatic heterocycles. The number of rotatable bonds is 5. The average molecular weight is 274 g/mol. The molecular formula is C15H15FN2O2. The van der Waals surface area contributed by atoms with Crippen LogP contribution in [-0.2, 0) is 11.3 Å². The molecule has 0 aliphatic rings. The van der Waals surface area contributed by atoms with Crippen LogP contribution >= 0.6 is 0 Å². The molecule has 0 atom stereocenters. The van der Waals surface area contributed by atoms with Crippen molar-refractivity contribution in [3.8, 4) is 0 Å². The van der Waals surface area contributed by atoms with Crippen molar-refractivity contribution in [2.24, 2.45) is 0 Å². The molecule has 0 unspecified atom stereocenters. The first kappa shape index (κ1) is 14.0. The molecule has 4 nitrogen and oxygen atoms in total. The molecule has 5 heteroatoms. The number of benzene rings is 1. The number of aromatic nitrogens is 1. The van der Waals surface area contributed by atoms with Crippen LogP contribution in [0.1, 0.15) is 22.8 Å². The molecule has 1 aromatic carbocycles. The van der Waals surface area contributed by atoms with E-state index < -0.39 is 0 Å². The van der Waals surface area contributed by atoms with Crippen LogP contribution in [-0.4, -0.2) is 17.6 Å². The van der Waals surface area contributed by atoms with Gasteiger partial charge in [0.05, 0.1) is 12.2 Å². The summed E-state index contributed by atoms with van der Waals surface area (Å²) in [5.41, 5.74) is 1.36. The predicted molar refractivity (Wildman–Crippen MR) is 73.9 cm³/mol. The number of ether oxygens (including phenoxy) is 1. The maximum Gasteiger partial charge on any atom is 0.339 e. The Bertz CT molecular complexity index is 567. The molecule has 0 spiro atoms. The average Bonchev–Trinajstić information content (AvgIpc) is 2.47. The van der Waals surface area contributed by atoms with Crippen molar-refractivity contribution in [3.05, 3.63) is 59.5 Å². The van der Waals surface area contributed by atoms with Crippen molar-refractivity contribution < 1.29 is 13.9 Å². The van der Waals surface area contributed by atoms with Gasteiger partial charge >= 0.3 is 5.97 Å². The first-order valence-electron chi connectivity index (χ1n) is 6.30. The number of hydrogen-bond donors (Lipinski definition) is 1. The van der Waals surface area contributed by atoms with Crippen LogP contribution < -0.4 is 5.32 Å². The lowest BCUT2D eigenvalue weighted by atomic mass is 10.2. The van der Waals surface area contributed by atoms with E-state index in [9.17, 15) is 9.18 Å². The van der Waals surface area contributed by atoms with Crippen LogP contribution in [0.4, 0.5) is 10.2 Å². The molecular weight excluding hydrogens is 259 g/mol. The van der Waals surface area contributed by atoms with E-state index in [0.717, 1.165) is 5.56 Å². The van der Waals surface area contributed by atoms with Crippen LogP contribution in [0, 0.1) is 5.82 Å². The summed E-state index contributed by atoms with van der Waals surface area (Å²) in [5.74, 6) is -0.00174. The smallest absolute Gasteiger partial charge is 0.339 e. The normalized spacial score (nSPS) is 10.1. The van der Waals surface area contributed by atoms with E-state index in [1.807, 2.05) is 0 Å². The summed E-state index contributed by atoms with van der Waals surface area (Å²) in [5, 5.41) is 3.09. The van der Waals surface area contributed by atoms with Crippen LogP contribution in [0.25, 0.3) is 0 Å². The summed E-state index contributed by atoms with van der Waals surface area (Å²) < 4.78 is 17.6. The van der Waals surface area contributed by atoms with Gasteiger partial charge in [0.1, 0.15) is 11.6 Å². The summed E-state index contributed by atoms with van der Waals surface area (Å²) in [7, 11) is 0. The van der Waals surface area contributed by atoms with Gasteiger partial charge in [-0.25, -0.2) is 14.2 Å². The highest BCUT2D eigenvalue weighted by molar-refractivity contribution is 5.89. The minimum absolute atomic E-state index is 0.259. The maximum atomic E-state index is 12.8. The first-order valence-corrected chi connectivity index (χ1v) is 6.30. The Labute approximate surface area is 116 Å². The van der Waals surface area contributed by atoms with Crippen molar-refractivity contribution in [2.45, 2.75) is 13.5 Å². The van der Waals surface area contributed by atoms with Gasteiger partial charge in [0.15, 0.2) is 0 Å². The monoisotopic (exact) mass is 274 g/mol. The topological polar surface area (TPSA) is 51.2 Å². The van der Waals surface area contributed by atoms with E-state index in [0.29, 0.717) is 24.5 Å². The van der Waals surface area contributed by atoms with Crippen molar-refractivity contribution in [3.63, 3.8) is 0 Å². The van der Waals surface area contributed by atoms with Gasteiger partial charge in [0, 0.05) is 12.7 Å². The molecule has 20 heavy (non-hydrogen) atoms. The first-order chi connectivity index (χ1) is 9.69. The Kier molecular flexibility index (Phi) is 4.65. The molecule has 0 radical (unpaired) electrons. The summed E-state index contributed by atoms with van der Waals surface area (Å²) in [4.78, 5) is 15.6. The van der Waals surface area contributed by atoms with E-state index >= 15 is 0 Å². The van der Waals surface area contributed by atoms with Crippen molar-refractivity contribution >= 4 is 11.8 Å². The minimum Gasteiger partial charge on any atom is -0.462 e. The molecule has 1 N–H and O–H groups in total. The number of nitrogens with zero attached hydrogens (tertiary/aromatic N) is 1. The highest BCUT2D eigenvalue weighted by Crippen LogP contribution is 2.09. The SMILES string of the molecule is CCOC(=O)c1ccc(NCc2ccc(F)cc2)nc1. The van der Waals surface area contributed by atoms with Gasteiger partial charge in [-0.3, -0.25) is 0 Å². The summed E-state index contributed by atoms with van der Waals surface area (Å²) in [6.45, 7) is 2.62. The Hall–Kier alpha value is -2.43. The second kappa shape index (κ2) is 6.65. The van der Waals surface area contributed by atoms with Gasteiger partial charge in [-0.1, -0.05) is 12.1 Å².